The Labute approximate surface area is 114 Å². The molecule has 0 spiro atoms. The van der Waals surface area contributed by atoms with Crippen molar-refractivity contribution >= 4 is 16.9 Å². The van der Waals surface area contributed by atoms with Crippen LogP contribution in [0.1, 0.15) is 32.8 Å². The fraction of sp³-hybridized carbons (Fsp3) is 0.533. The molecule has 0 aliphatic carbocycles. The number of benzene rings is 1. The summed E-state index contributed by atoms with van der Waals surface area (Å²) in [6.07, 6.45) is 2.21. The highest BCUT2D eigenvalue weighted by atomic mass is 32.2. The van der Waals surface area contributed by atoms with E-state index in [0.717, 1.165) is 23.8 Å². The average Bonchev–Trinajstić information content (AvgIpc) is 2.67. The van der Waals surface area contributed by atoms with E-state index in [9.17, 15) is 0 Å². The maximum absolute atomic E-state index is 4.76. The van der Waals surface area contributed by atoms with Gasteiger partial charge in [-0.2, -0.15) is 0 Å². The summed E-state index contributed by atoms with van der Waals surface area (Å²) in [6.45, 7) is 6.64. The molecule has 0 bridgehead atoms. The van der Waals surface area contributed by atoms with Crippen LogP contribution in [-0.4, -0.2) is 22.5 Å². The van der Waals surface area contributed by atoms with Gasteiger partial charge in [-0.05, 0) is 39.2 Å². The van der Waals surface area contributed by atoms with Crippen molar-refractivity contribution in [1.82, 2.24) is 5.32 Å². The molecule has 0 saturated carbocycles. The van der Waals surface area contributed by atoms with Gasteiger partial charge in [0.2, 0.25) is 0 Å². The van der Waals surface area contributed by atoms with E-state index in [1.165, 1.54) is 5.56 Å². The molecule has 18 heavy (non-hydrogen) atoms. The first-order chi connectivity index (χ1) is 8.55. The molecule has 1 fully saturated rings. The smallest absolute Gasteiger partial charge is 0.157 e. The highest BCUT2D eigenvalue weighted by Crippen LogP contribution is 2.23. The lowest BCUT2D eigenvalue weighted by Gasteiger charge is -2.16. The van der Waals surface area contributed by atoms with E-state index in [-0.39, 0.29) is 5.54 Å². The summed E-state index contributed by atoms with van der Waals surface area (Å²) in [5.41, 5.74) is 1.60. The second kappa shape index (κ2) is 5.79. The summed E-state index contributed by atoms with van der Waals surface area (Å²) in [5.74, 6) is 1.11. The Balaban J connectivity index is 1.82. The molecule has 2 nitrogen and oxygen atoms in total. The van der Waals surface area contributed by atoms with Gasteiger partial charge in [0.05, 0.1) is 6.04 Å². The number of hydrogen-bond donors (Lipinski definition) is 1. The number of rotatable bonds is 4. The van der Waals surface area contributed by atoms with E-state index in [1.54, 1.807) is 0 Å². The Morgan fingerprint density at radius 1 is 1.33 bits per heavy atom. The maximum atomic E-state index is 4.76. The van der Waals surface area contributed by atoms with Gasteiger partial charge in [-0.15, -0.1) is 0 Å². The van der Waals surface area contributed by atoms with Crippen LogP contribution in [0, 0.1) is 0 Å². The summed E-state index contributed by atoms with van der Waals surface area (Å²) >= 11 is 1.84. The fourth-order valence-electron chi connectivity index (χ4n) is 1.96. The van der Waals surface area contributed by atoms with Gasteiger partial charge in [-0.1, -0.05) is 42.1 Å². The summed E-state index contributed by atoms with van der Waals surface area (Å²) in [4.78, 5) is 4.76. The number of thioether (sulfide) groups is 1. The first-order valence-electron chi connectivity index (χ1n) is 6.58. The van der Waals surface area contributed by atoms with E-state index in [2.05, 4.69) is 56.4 Å². The van der Waals surface area contributed by atoms with E-state index in [4.69, 9.17) is 4.99 Å². The minimum Gasteiger partial charge on any atom is -0.359 e. The molecule has 1 N–H and O–H groups in total. The molecule has 1 aromatic rings. The van der Waals surface area contributed by atoms with Crippen molar-refractivity contribution in [3.8, 4) is 0 Å². The monoisotopic (exact) mass is 262 g/mol. The van der Waals surface area contributed by atoms with Crippen LogP contribution in [0.5, 0.6) is 0 Å². The van der Waals surface area contributed by atoms with Gasteiger partial charge in [0.25, 0.3) is 0 Å². The van der Waals surface area contributed by atoms with E-state index in [1.807, 2.05) is 11.8 Å². The molecule has 98 valence electrons. The Morgan fingerprint density at radius 2 is 2.06 bits per heavy atom. The molecule has 2 rings (SSSR count). The van der Waals surface area contributed by atoms with Gasteiger partial charge in [-0.3, -0.25) is 4.99 Å². The van der Waals surface area contributed by atoms with Gasteiger partial charge in [0.15, 0.2) is 5.17 Å². The topological polar surface area (TPSA) is 24.4 Å². The molecule has 1 aromatic carbocycles. The predicted molar refractivity (Wildman–Crippen MR) is 81.3 cm³/mol. The second-order valence-electron chi connectivity index (χ2n) is 5.61. The van der Waals surface area contributed by atoms with Crippen LogP contribution in [0.25, 0.3) is 0 Å². The molecular formula is C15H22N2S. The van der Waals surface area contributed by atoms with Crippen molar-refractivity contribution in [2.45, 2.75) is 45.2 Å². The summed E-state index contributed by atoms with van der Waals surface area (Å²) in [6, 6.07) is 11.0. The average molecular weight is 262 g/mol. The summed E-state index contributed by atoms with van der Waals surface area (Å²) in [7, 11) is 0. The summed E-state index contributed by atoms with van der Waals surface area (Å²) < 4.78 is 0. The lowest BCUT2D eigenvalue weighted by atomic mass is 10.1. The van der Waals surface area contributed by atoms with Crippen molar-refractivity contribution in [1.29, 1.82) is 0 Å². The lowest BCUT2D eigenvalue weighted by Crippen LogP contribution is -2.37. The Morgan fingerprint density at radius 3 is 2.67 bits per heavy atom. The molecule has 1 saturated heterocycles. The summed E-state index contributed by atoms with van der Waals surface area (Å²) in [5, 5.41) is 4.58. The second-order valence-corrected chi connectivity index (χ2v) is 6.57. The van der Waals surface area contributed by atoms with Gasteiger partial charge in [-0.25, -0.2) is 0 Å². The molecule has 0 radical (unpaired) electrons. The van der Waals surface area contributed by atoms with E-state index < -0.39 is 0 Å². The van der Waals surface area contributed by atoms with Gasteiger partial charge in [0, 0.05) is 11.3 Å². The number of nitrogens with zero attached hydrogens (tertiary/aromatic N) is 1. The van der Waals surface area contributed by atoms with Crippen LogP contribution in [-0.2, 0) is 6.42 Å². The highest BCUT2D eigenvalue weighted by molar-refractivity contribution is 8.14. The number of amidine groups is 1. The van der Waals surface area contributed by atoms with Crippen molar-refractivity contribution in [2.24, 2.45) is 4.99 Å². The molecular weight excluding hydrogens is 240 g/mol. The van der Waals surface area contributed by atoms with Crippen molar-refractivity contribution in [2.75, 3.05) is 5.75 Å². The number of hydrogen-bond acceptors (Lipinski definition) is 2. The van der Waals surface area contributed by atoms with Gasteiger partial charge < -0.3 is 5.32 Å². The van der Waals surface area contributed by atoms with Crippen LogP contribution >= 0.6 is 11.8 Å². The van der Waals surface area contributed by atoms with Crippen LogP contribution in [0.3, 0.4) is 0 Å². The first-order valence-corrected chi connectivity index (χ1v) is 7.56. The van der Waals surface area contributed by atoms with Crippen LogP contribution in [0.15, 0.2) is 35.3 Å². The number of nitrogens with one attached hydrogen (secondary N) is 1. The zero-order chi connectivity index (χ0) is 13.0. The largest absolute Gasteiger partial charge is 0.359 e. The zero-order valence-electron chi connectivity index (χ0n) is 11.4. The quantitative estimate of drug-likeness (QED) is 0.898. The molecule has 1 heterocycles. The molecule has 1 unspecified atom stereocenters. The first kappa shape index (κ1) is 13.5. The molecule has 1 aliphatic rings. The highest BCUT2D eigenvalue weighted by Gasteiger charge is 2.27. The Kier molecular flexibility index (Phi) is 4.33. The normalized spacial score (nSPS) is 21.8. The van der Waals surface area contributed by atoms with Crippen LogP contribution < -0.4 is 5.32 Å². The third-order valence-electron chi connectivity index (χ3n) is 3.05. The van der Waals surface area contributed by atoms with Gasteiger partial charge >= 0.3 is 0 Å². The third-order valence-corrected chi connectivity index (χ3v) is 4.39. The Hall–Kier alpha value is -0.960. The predicted octanol–water partition coefficient (Wildman–Crippen LogP) is 3.48. The van der Waals surface area contributed by atoms with E-state index >= 15 is 0 Å². The van der Waals surface area contributed by atoms with Gasteiger partial charge in [0.1, 0.15) is 0 Å². The molecule has 0 amide bonds. The van der Waals surface area contributed by atoms with Crippen molar-refractivity contribution < 1.29 is 0 Å². The van der Waals surface area contributed by atoms with Crippen LogP contribution in [0.2, 0.25) is 0 Å². The minimum atomic E-state index is 0.197. The van der Waals surface area contributed by atoms with Crippen molar-refractivity contribution in [3.63, 3.8) is 0 Å². The maximum Gasteiger partial charge on any atom is 0.157 e. The minimum absolute atomic E-state index is 0.197. The molecule has 1 atom stereocenters. The zero-order valence-corrected chi connectivity index (χ0v) is 12.3. The molecule has 3 heteroatoms. The van der Waals surface area contributed by atoms with E-state index in [0.29, 0.717) is 6.04 Å². The SMILES string of the molecule is CC(CCc1ccccc1)N=C1NC(C)(C)CS1. The molecule has 1 aliphatic heterocycles. The molecule has 0 aromatic heterocycles. The number of aliphatic imine (C=N–C) groups is 1. The van der Waals surface area contributed by atoms with Crippen molar-refractivity contribution in [3.05, 3.63) is 35.9 Å². The third kappa shape index (κ3) is 4.05. The Bertz CT molecular complexity index is 412. The standard InChI is InChI=1S/C15H22N2S/c1-12(9-10-13-7-5-4-6-8-13)16-14-17-15(2,3)11-18-14/h4-8,12H,9-11H2,1-3H3,(H,16,17). The lowest BCUT2D eigenvalue weighted by molar-refractivity contribution is 0.534. The number of aryl methyl sites for hydroxylation is 1. The fourth-order valence-corrected chi connectivity index (χ4v) is 3.14. The van der Waals surface area contributed by atoms with Crippen LogP contribution in [0.4, 0.5) is 0 Å².